The first-order chi connectivity index (χ1) is 5.33. The summed E-state index contributed by atoms with van der Waals surface area (Å²) in [6, 6.07) is 0. The third-order valence-electron chi connectivity index (χ3n) is 2.71. The van der Waals surface area contributed by atoms with Crippen LogP contribution in [-0.2, 0) is 14.3 Å². The lowest BCUT2D eigenvalue weighted by Gasteiger charge is -2.23. The molecule has 12 heavy (non-hydrogen) atoms. The van der Waals surface area contributed by atoms with E-state index in [0.29, 0.717) is 0 Å². The molecule has 0 amide bonds. The Hall–Kier alpha value is -0.570. The van der Waals surface area contributed by atoms with Crippen LogP contribution in [0.3, 0.4) is 0 Å². The lowest BCUT2D eigenvalue weighted by molar-refractivity contribution is -0.142. The van der Waals surface area contributed by atoms with Gasteiger partial charge in [-0.15, -0.1) is 0 Å². The summed E-state index contributed by atoms with van der Waals surface area (Å²) < 4.78 is 9.95. The molecule has 1 saturated heterocycles. The maximum atomic E-state index is 11.1. The number of esters is 1. The van der Waals surface area contributed by atoms with Crippen LogP contribution in [0.2, 0.25) is 0 Å². The molecule has 0 saturated carbocycles. The highest BCUT2D eigenvalue weighted by atomic mass is 16.7. The predicted molar refractivity (Wildman–Crippen MR) is 44.7 cm³/mol. The summed E-state index contributed by atoms with van der Waals surface area (Å²) in [6.07, 6.45) is -0.373. The molecule has 1 fully saturated rings. The van der Waals surface area contributed by atoms with E-state index in [1.54, 1.807) is 0 Å². The molecule has 3 nitrogen and oxygen atoms in total. The van der Waals surface area contributed by atoms with Crippen LogP contribution in [0.4, 0.5) is 0 Å². The quantitative estimate of drug-likeness (QED) is 0.443. The number of methoxy groups -OCH3 is 1. The maximum absolute atomic E-state index is 11.1. The van der Waals surface area contributed by atoms with Crippen molar-refractivity contribution in [3.63, 3.8) is 0 Å². The van der Waals surface area contributed by atoms with Crippen LogP contribution in [0, 0.1) is 5.41 Å². The summed E-state index contributed by atoms with van der Waals surface area (Å²) in [7, 11) is 1.38. The summed E-state index contributed by atoms with van der Waals surface area (Å²) in [5.41, 5.74) is -0.369. The standard InChI is InChI=1S/C9H16O3/c1-8(2,3)9(4)6(12-9)7(10)11-5/h6H,1-5H3. The second-order valence-electron chi connectivity index (χ2n) is 4.38. The maximum Gasteiger partial charge on any atom is 0.338 e. The van der Waals surface area contributed by atoms with Gasteiger partial charge < -0.3 is 9.47 Å². The molecule has 2 unspecified atom stereocenters. The van der Waals surface area contributed by atoms with Gasteiger partial charge in [0.15, 0.2) is 6.10 Å². The van der Waals surface area contributed by atoms with E-state index >= 15 is 0 Å². The molecule has 0 aromatic rings. The van der Waals surface area contributed by atoms with Crippen molar-refractivity contribution in [2.24, 2.45) is 5.41 Å². The van der Waals surface area contributed by atoms with Crippen molar-refractivity contribution in [3.8, 4) is 0 Å². The minimum absolute atomic E-state index is 0.0220. The Bertz CT molecular complexity index is 204. The normalized spacial score (nSPS) is 34.6. The summed E-state index contributed by atoms with van der Waals surface area (Å²) in [5.74, 6) is -0.271. The highest BCUT2D eigenvalue weighted by molar-refractivity contribution is 5.79. The molecule has 0 aromatic carbocycles. The fourth-order valence-electron chi connectivity index (χ4n) is 1.16. The van der Waals surface area contributed by atoms with Crippen molar-refractivity contribution in [3.05, 3.63) is 0 Å². The van der Waals surface area contributed by atoms with Crippen LogP contribution in [0.1, 0.15) is 27.7 Å². The van der Waals surface area contributed by atoms with Crippen LogP contribution < -0.4 is 0 Å². The smallest absolute Gasteiger partial charge is 0.338 e. The summed E-state index contributed by atoms with van der Waals surface area (Å²) >= 11 is 0. The zero-order valence-corrected chi connectivity index (χ0v) is 8.30. The Morgan fingerprint density at radius 2 is 2.00 bits per heavy atom. The molecule has 1 heterocycles. The van der Waals surface area contributed by atoms with E-state index in [1.165, 1.54) is 7.11 Å². The lowest BCUT2D eigenvalue weighted by atomic mass is 9.79. The van der Waals surface area contributed by atoms with Gasteiger partial charge in [-0.05, 0) is 12.3 Å². The number of ether oxygens (including phenoxy) is 2. The van der Waals surface area contributed by atoms with E-state index in [0.717, 1.165) is 0 Å². The van der Waals surface area contributed by atoms with Crippen molar-refractivity contribution in [1.29, 1.82) is 0 Å². The first kappa shape index (κ1) is 9.52. The van der Waals surface area contributed by atoms with Gasteiger partial charge in [0.05, 0.1) is 7.11 Å². The molecule has 0 bridgehead atoms. The average Bonchev–Trinajstić information content (AvgIpc) is 2.61. The fourth-order valence-corrected chi connectivity index (χ4v) is 1.16. The van der Waals surface area contributed by atoms with Gasteiger partial charge in [0.2, 0.25) is 0 Å². The third-order valence-corrected chi connectivity index (χ3v) is 2.71. The zero-order valence-electron chi connectivity index (χ0n) is 8.30. The SMILES string of the molecule is COC(=O)C1OC1(C)C(C)(C)C. The van der Waals surface area contributed by atoms with E-state index < -0.39 is 0 Å². The molecule has 0 N–H and O–H groups in total. The van der Waals surface area contributed by atoms with Crippen LogP contribution >= 0.6 is 0 Å². The topological polar surface area (TPSA) is 38.8 Å². The minimum Gasteiger partial charge on any atom is -0.467 e. The number of rotatable bonds is 1. The van der Waals surface area contributed by atoms with E-state index in [2.05, 4.69) is 25.5 Å². The van der Waals surface area contributed by atoms with Gasteiger partial charge in [-0.3, -0.25) is 0 Å². The molecule has 0 radical (unpaired) electrons. The van der Waals surface area contributed by atoms with E-state index in [4.69, 9.17) is 4.74 Å². The molecule has 1 aliphatic rings. The Morgan fingerprint density at radius 1 is 1.50 bits per heavy atom. The van der Waals surface area contributed by atoms with E-state index in [9.17, 15) is 4.79 Å². The Morgan fingerprint density at radius 3 is 2.25 bits per heavy atom. The van der Waals surface area contributed by atoms with Crippen LogP contribution in [0.5, 0.6) is 0 Å². The minimum atomic E-state index is -0.373. The first-order valence-corrected chi connectivity index (χ1v) is 4.08. The van der Waals surface area contributed by atoms with Gasteiger partial charge in [0, 0.05) is 0 Å². The van der Waals surface area contributed by atoms with Crippen LogP contribution in [0.15, 0.2) is 0 Å². The average molecular weight is 172 g/mol. The predicted octanol–water partition coefficient (Wildman–Crippen LogP) is 1.36. The van der Waals surface area contributed by atoms with Gasteiger partial charge >= 0.3 is 5.97 Å². The highest BCUT2D eigenvalue weighted by Crippen LogP contribution is 2.50. The van der Waals surface area contributed by atoms with Gasteiger partial charge in [0.25, 0.3) is 0 Å². The number of carbonyl (C=O) groups excluding carboxylic acids is 1. The lowest BCUT2D eigenvalue weighted by Crippen LogP contribution is -2.32. The van der Waals surface area contributed by atoms with Crippen molar-refractivity contribution in [1.82, 2.24) is 0 Å². The zero-order chi connectivity index (χ0) is 9.57. The largest absolute Gasteiger partial charge is 0.467 e. The highest BCUT2D eigenvalue weighted by Gasteiger charge is 2.64. The van der Waals surface area contributed by atoms with E-state index in [-0.39, 0.29) is 23.1 Å². The van der Waals surface area contributed by atoms with Crippen molar-refractivity contribution >= 4 is 5.97 Å². The van der Waals surface area contributed by atoms with Crippen molar-refractivity contribution in [2.45, 2.75) is 39.4 Å². The Labute approximate surface area is 73.0 Å². The Balaban J connectivity index is 2.66. The number of hydrogen-bond acceptors (Lipinski definition) is 3. The molecule has 1 rings (SSSR count). The molecule has 70 valence electrons. The molecule has 2 atom stereocenters. The number of epoxide rings is 1. The molecule has 0 aromatic heterocycles. The second-order valence-corrected chi connectivity index (χ2v) is 4.38. The fraction of sp³-hybridized carbons (Fsp3) is 0.889. The molecular weight excluding hydrogens is 156 g/mol. The van der Waals surface area contributed by atoms with Gasteiger partial charge in [-0.25, -0.2) is 4.79 Å². The molecule has 0 spiro atoms. The van der Waals surface area contributed by atoms with Crippen LogP contribution in [0.25, 0.3) is 0 Å². The number of carbonyl (C=O) groups is 1. The summed E-state index contributed by atoms with van der Waals surface area (Å²) in [6.45, 7) is 8.09. The Kier molecular flexibility index (Phi) is 1.95. The molecule has 0 aliphatic carbocycles. The summed E-state index contributed by atoms with van der Waals surface area (Å²) in [5, 5.41) is 0. The molecule has 3 heteroatoms. The van der Waals surface area contributed by atoms with Crippen LogP contribution in [-0.4, -0.2) is 24.8 Å². The van der Waals surface area contributed by atoms with Crippen molar-refractivity contribution in [2.75, 3.05) is 7.11 Å². The van der Waals surface area contributed by atoms with E-state index in [1.807, 2.05) is 6.92 Å². The number of hydrogen-bond donors (Lipinski definition) is 0. The molecule has 1 aliphatic heterocycles. The second kappa shape index (κ2) is 2.46. The first-order valence-electron chi connectivity index (χ1n) is 4.08. The van der Waals surface area contributed by atoms with Crippen molar-refractivity contribution < 1.29 is 14.3 Å². The van der Waals surface area contributed by atoms with Gasteiger partial charge in [-0.1, -0.05) is 20.8 Å². The van der Waals surface area contributed by atoms with Gasteiger partial charge in [0.1, 0.15) is 5.60 Å². The molecular formula is C9H16O3. The van der Waals surface area contributed by atoms with Gasteiger partial charge in [-0.2, -0.15) is 0 Å². The third kappa shape index (κ3) is 1.22. The summed E-state index contributed by atoms with van der Waals surface area (Å²) in [4.78, 5) is 11.1. The monoisotopic (exact) mass is 172 g/mol.